The molecule has 2 amide bonds. The monoisotopic (exact) mass is 722 g/mol. The largest absolute Gasteiger partial charge is 0.456 e. The fourth-order valence-corrected chi connectivity index (χ4v) is 6.66. The molecule has 1 aromatic rings. The average Bonchev–Trinajstić information content (AvgIpc) is 3.74. The number of nitrogens with zero attached hydrogens (tertiary/aromatic N) is 1. The Morgan fingerprint density at radius 2 is 1.73 bits per heavy atom. The normalized spacial score (nSPS) is 22.8. The van der Waals surface area contributed by atoms with Gasteiger partial charge in [0.25, 0.3) is 0 Å². The highest BCUT2D eigenvalue weighted by Crippen LogP contribution is 2.43. The molecule has 2 heterocycles. The summed E-state index contributed by atoms with van der Waals surface area (Å²) in [5, 5.41) is 11.8. The maximum atomic E-state index is 14.0. The number of likely N-dealkylation sites (tertiary alicyclic amines) is 1. The third-order valence-electron chi connectivity index (χ3n) is 9.20. The van der Waals surface area contributed by atoms with Gasteiger partial charge in [0.15, 0.2) is 12.4 Å². The molecule has 4 rings (SSSR count). The maximum Gasteiger partial charge on any atom is 0.422 e. The molecule has 14 heteroatoms. The van der Waals surface area contributed by atoms with E-state index in [0.717, 1.165) is 44.6 Å². The maximum absolute atomic E-state index is 14.0. The van der Waals surface area contributed by atoms with Crippen LogP contribution in [-0.4, -0.2) is 96.4 Å². The molecule has 0 bridgehead atoms. The molecular weight excluding hydrogens is 673 g/mol. The van der Waals surface area contributed by atoms with E-state index in [2.05, 4.69) is 23.9 Å². The van der Waals surface area contributed by atoms with Crippen molar-refractivity contribution in [3.05, 3.63) is 53.1 Å². The van der Waals surface area contributed by atoms with Gasteiger partial charge in [-0.15, -0.1) is 0 Å². The van der Waals surface area contributed by atoms with Crippen molar-refractivity contribution in [2.45, 2.75) is 121 Å². The van der Waals surface area contributed by atoms with Crippen LogP contribution in [0.15, 0.2) is 42.0 Å². The topological polar surface area (TPSA) is 141 Å². The number of benzene rings is 1. The van der Waals surface area contributed by atoms with E-state index in [0.29, 0.717) is 43.4 Å². The molecule has 4 atom stereocenters. The second kappa shape index (κ2) is 18.7. The van der Waals surface area contributed by atoms with Gasteiger partial charge >= 0.3 is 18.1 Å². The second-order valence-electron chi connectivity index (χ2n) is 13.2. The van der Waals surface area contributed by atoms with Gasteiger partial charge in [0.2, 0.25) is 11.8 Å². The molecule has 4 unspecified atom stereocenters. The highest BCUT2D eigenvalue weighted by atomic mass is 19.4. The Balaban J connectivity index is 1.54. The van der Waals surface area contributed by atoms with Crippen LogP contribution < -0.4 is 5.32 Å². The van der Waals surface area contributed by atoms with Crippen LogP contribution in [0.1, 0.15) is 100 Å². The van der Waals surface area contributed by atoms with Gasteiger partial charge in [-0.3, -0.25) is 9.59 Å². The van der Waals surface area contributed by atoms with Gasteiger partial charge < -0.3 is 34.3 Å². The summed E-state index contributed by atoms with van der Waals surface area (Å²) < 4.78 is 60.5. The average molecular weight is 723 g/mol. The summed E-state index contributed by atoms with van der Waals surface area (Å²) in [5.41, 5.74) is 0.959. The fourth-order valence-electron chi connectivity index (χ4n) is 6.66. The van der Waals surface area contributed by atoms with Crippen LogP contribution in [0.2, 0.25) is 0 Å². The lowest BCUT2D eigenvalue weighted by Gasteiger charge is -2.33. The SMILES string of the molecule is CCCCCC1(CCCCC)OC2C=C(C(=O)N3CCCC3C(=O)NCCO)CC(OC(=O)c3ccc(C=CC(=O)OCC(F)(F)F)cc3)C2O1. The zero-order valence-electron chi connectivity index (χ0n) is 29.3. The summed E-state index contributed by atoms with van der Waals surface area (Å²) in [4.78, 5) is 53.5. The van der Waals surface area contributed by atoms with E-state index in [-0.39, 0.29) is 37.0 Å². The standard InChI is InChI=1S/C37H49F3N2O9/c1-3-5-7-17-36(18-8-6-4-2)50-30-23-27(34(46)42-20-9-10-28(42)33(45)41-19-21-43)22-29(32(30)51-36)49-35(47)26-14-11-25(12-15-26)13-16-31(44)48-24-37(38,39)40/h11-16,23,28-30,32,43H,3-10,17-22,24H2,1-2H3,(H,41,45). The number of hydrogen-bond acceptors (Lipinski definition) is 9. The van der Waals surface area contributed by atoms with Gasteiger partial charge in [-0.25, -0.2) is 9.59 Å². The minimum Gasteiger partial charge on any atom is -0.456 e. The molecule has 2 fully saturated rings. The second-order valence-corrected chi connectivity index (χ2v) is 13.2. The number of carbonyl (C=O) groups excluding carboxylic acids is 4. The van der Waals surface area contributed by atoms with Crippen molar-refractivity contribution < 1.29 is 56.4 Å². The van der Waals surface area contributed by atoms with Gasteiger partial charge in [-0.2, -0.15) is 13.2 Å². The number of aliphatic hydroxyl groups is 1. The first-order valence-electron chi connectivity index (χ1n) is 17.9. The van der Waals surface area contributed by atoms with Crippen LogP contribution in [-0.2, 0) is 33.3 Å². The highest BCUT2D eigenvalue weighted by molar-refractivity contribution is 5.98. The summed E-state index contributed by atoms with van der Waals surface area (Å²) in [7, 11) is 0. The quantitative estimate of drug-likeness (QED) is 0.123. The fraction of sp³-hybridized carbons (Fsp3) is 0.622. The molecule has 3 aliphatic rings. The van der Waals surface area contributed by atoms with Gasteiger partial charge in [-0.05, 0) is 55.5 Å². The van der Waals surface area contributed by atoms with Crippen molar-refractivity contribution in [2.75, 3.05) is 26.3 Å². The lowest BCUT2D eigenvalue weighted by Crippen LogP contribution is -2.49. The third kappa shape index (κ3) is 11.4. The van der Waals surface area contributed by atoms with Crippen LogP contribution in [0.25, 0.3) is 6.08 Å². The first kappa shape index (κ1) is 40.0. The van der Waals surface area contributed by atoms with Crippen LogP contribution in [0.5, 0.6) is 0 Å². The number of esters is 2. The molecule has 0 radical (unpaired) electrons. The minimum atomic E-state index is -4.64. The molecular formula is C37H49F3N2O9. The summed E-state index contributed by atoms with van der Waals surface area (Å²) >= 11 is 0. The van der Waals surface area contributed by atoms with Crippen molar-refractivity contribution in [3.63, 3.8) is 0 Å². The number of fused-ring (bicyclic) bond motifs is 1. The van der Waals surface area contributed by atoms with Crippen molar-refractivity contribution in [3.8, 4) is 0 Å². The smallest absolute Gasteiger partial charge is 0.422 e. The predicted molar refractivity (Wildman–Crippen MR) is 180 cm³/mol. The Kier molecular flexibility index (Phi) is 14.6. The highest BCUT2D eigenvalue weighted by Gasteiger charge is 2.53. The number of carbonyl (C=O) groups is 4. The summed E-state index contributed by atoms with van der Waals surface area (Å²) in [5.74, 6) is -3.44. The molecule has 0 aromatic heterocycles. The molecule has 282 valence electrons. The summed E-state index contributed by atoms with van der Waals surface area (Å²) in [6.07, 6.45) is 5.20. The number of ether oxygens (including phenoxy) is 4. The molecule has 11 nitrogen and oxygen atoms in total. The Labute approximate surface area is 296 Å². The number of unbranched alkanes of at least 4 members (excludes halogenated alkanes) is 4. The molecule has 2 N–H and O–H groups in total. The zero-order chi connectivity index (χ0) is 37.0. The van der Waals surface area contributed by atoms with Gasteiger partial charge in [0.05, 0.1) is 12.2 Å². The first-order chi connectivity index (χ1) is 24.4. The summed E-state index contributed by atoms with van der Waals surface area (Å²) in [6, 6.07) is 5.22. The number of aliphatic hydroxyl groups excluding tert-OH is 1. The molecule has 2 aliphatic heterocycles. The summed E-state index contributed by atoms with van der Waals surface area (Å²) in [6.45, 7) is 2.77. The van der Waals surface area contributed by atoms with E-state index in [1.165, 1.54) is 35.2 Å². The van der Waals surface area contributed by atoms with Crippen molar-refractivity contribution in [1.82, 2.24) is 10.2 Å². The van der Waals surface area contributed by atoms with E-state index >= 15 is 0 Å². The van der Waals surface area contributed by atoms with Gasteiger partial charge in [0, 0.05) is 44.0 Å². The first-order valence-corrected chi connectivity index (χ1v) is 17.9. The number of hydrogen-bond donors (Lipinski definition) is 2. The van der Waals surface area contributed by atoms with Crippen LogP contribution >= 0.6 is 0 Å². The minimum absolute atomic E-state index is 0.0391. The number of alkyl halides is 3. The Bertz CT molecular complexity index is 1400. The Morgan fingerprint density at radius 1 is 1.04 bits per heavy atom. The van der Waals surface area contributed by atoms with E-state index in [1.54, 1.807) is 6.08 Å². The van der Waals surface area contributed by atoms with Gasteiger partial charge in [-0.1, -0.05) is 51.7 Å². The van der Waals surface area contributed by atoms with Gasteiger partial charge in [0.1, 0.15) is 24.4 Å². The number of amides is 2. The predicted octanol–water partition coefficient (Wildman–Crippen LogP) is 5.40. The zero-order valence-corrected chi connectivity index (χ0v) is 29.3. The number of nitrogens with one attached hydrogen (secondary N) is 1. The molecule has 0 spiro atoms. The molecule has 51 heavy (non-hydrogen) atoms. The molecule has 1 aromatic carbocycles. The van der Waals surface area contributed by atoms with E-state index in [1.807, 2.05) is 0 Å². The molecule has 0 saturated carbocycles. The van der Waals surface area contributed by atoms with E-state index < -0.39 is 54.9 Å². The molecule has 1 aliphatic carbocycles. The van der Waals surface area contributed by atoms with Crippen LogP contribution in [0.4, 0.5) is 13.2 Å². The number of halogens is 3. The lowest BCUT2D eigenvalue weighted by atomic mass is 9.91. The third-order valence-corrected chi connectivity index (χ3v) is 9.20. The van der Waals surface area contributed by atoms with Crippen molar-refractivity contribution in [1.29, 1.82) is 0 Å². The molecule has 2 saturated heterocycles. The van der Waals surface area contributed by atoms with E-state index in [4.69, 9.17) is 19.3 Å². The number of rotatable bonds is 17. The lowest BCUT2D eigenvalue weighted by molar-refractivity contribution is -0.190. The van der Waals surface area contributed by atoms with Crippen molar-refractivity contribution in [2.24, 2.45) is 0 Å². The van der Waals surface area contributed by atoms with E-state index in [9.17, 15) is 32.3 Å². The van der Waals surface area contributed by atoms with Crippen LogP contribution in [0, 0.1) is 0 Å². The Morgan fingerprint density at radius 3 is 2.35 bits per heavy atom. The Hall–Kier alpha value is -3.75. The van der Waals surface area contributed by atoms with Crippen molar-refractivity contribution >= 4 is 29.8 Å². The van der Waals surface area contributed by atoms with Crippen LogP contribution in [0.3, 0.4) is 0 Å².